The second-order valence-corrected chi connectivity index (χ2v) is 7.56. The van der Waals surface area contributed by atoms with Crippen molar-refractivity contribution in [3.63, 3.8) is 0 Å². The smallest absolute Gasteiger partial charge is 0.185 e. The van der Waals surface area contributed by atoms with E-state index in [1.165, 1.54) is 28.5 Å². The van der Waals surface area contributed by atoms with E-state index in [2.05, 4.69) is 51.9 Å². The number of aryl methyl sites for hydroxylation is 1. The van der Waals surface area contributed by atoms with E-state index in [-0.39, 0.29) is 5.54 Å². The van der Waals surface area contributed by atoms with Gasteiger partial charge in [0.15, 0.2) is 5.13 Å². The van der Waals surface area contributed by atoms with Crippen molar-refractivity contribution < 1.29 is 0 Å². The van der Waals surface area contributed by atoms with Crippen molar-refractivity contribution >= 4 is 16.5 Å². The summed E-state index contributed by atoms with van der Waals surface area (Å²) in [4.78, 5) is 8.56. The number of hydrogen-bond acceptors (Lipinski definition) is 4. The predicted molar refractivity (Wildman–Crippen MR) is 90.9 cm³/mol. The number of nitrogens with one attached hydrogen (secondary N) is 1. The first-order valence-corrected chi connectivity index (χ1v) is 8.63. The number of unbranched alkanes of at least 4 members (excludes halogenated alkanes) is 1. The van der Waals surface area contributed by atoms with E-state index >= 15 is 0 Å². The van der Waals surface area contributed by atoms with Crippen LogP contribution in [0.25, 0.3) is 0 Å². The van der Waals surface area contributed by atoms with Crippen molar-refractivity contribution in [3.05, 3.63) is 10.6 Å². The topological polar surface area (TPSA) is 28.2 Å². The van der Waals surface area contributed by atoms with E-state index in [1.807, 2.05) is 11.3 Å². The van der Waals surface area contributed by atoms with Crippen LogP contribution in [-0.2, 0) is 13.0 Å². The van der Waals surface area contributed by atoms with E-state index in [0.29, 0.717) is 0 Å². The Morgan fingerprint density at radius 3 is 2.45 bits per heavy atom. The molecule has 1 rings (SSSR count). The van der Waals surface area contributed by atoms with E-state index < -0.39 is 0 Å². The van der Waals surface area contributed by atoms with Crippen molar-refractivity contribution in [1.29, 1.82) is 0 Å². The van der Waals surface area contributed by atoms with Crippen LogP contribution in [-0.4, -0.2) is 24.1 Å². The van der Waals surface area contributed by atoms with Crippen molar-refractivity contribution in [2.45, 2.75) is 72.4 Å². The van der Waals surface area contributed by atoms with Crippen molar-refractivity contribution in [3.8, 4) is 0 Å². The van der Waals surface area contributed by atoms with Crippen molar-refractivity contribution in [1.82, 2.24) is 10.3 Å². The van der Waals surface area contributed by atoms with Crippen LogP contribution >= 0.6 is 11.3 Å². The largest absolute Gasteiger partial charge is 0.351 e. The Labute approximate surface area is 128 Å². The SMILES string of the molecule is CCCCN(C)c1nc(CCC)c(CNC(C)(C)C)s1. The van der Waals surface area contributed by atoms with E-state index in [4.69, 9.17) is 4.98 Å². The molecule has 0 aliphatic heterocycles. The lowest BCUT2D eigenvalue weighted by atomic mass is 10.1. The number of nitrogens with zero attached hydrogens (tertiary/aromatic N) is 2. The lowest BCUT2D eigenvalue weighted by molar-refractivity contribution is 0.425. The second-order valence-electron chi connectivity index (χ2n) is 6.49. The zero-order valence-corrected chi connectivity index (χ0v) is 14.9. The molecule has 0 spiro atoms. The first-order valence-electron chi connectivity index (χ1n) is 7.82. The molecule has 0 unspecified atom stereocenters. The van der Waals surface area contributed by atoms with Crippen LogP contribution in [0.5, 0.6) is 0 Å². The minimum Gasteiger partial charge on any atom is -0.351 e. The highest BCUT2D eigenvalue weighted by atomic mass is 32.1. The monoisotopic (exact) mass is 297 g/mol. The number of anilines is 1. The van der Waals surface area contributed by atoms with Gasteiger partial charge in [-0.05, 0) is 33.6 Å². The average Bonchev–Trinajstić information content (AvgIpc) is 2.76. The van der Waals surface area contributed by atoms with Gasteiger partial charge in [-0.25, -0.2) is 4.98 Å². The molecule has 1 aromatic rings. The zero-order chi connectivity index (χ0) is 15.2. The maximum Gasteiger partial charge on any atom is 0.185 e. The number of hydrogen-bond donors (Lipinski definition) is 1. The van der Waals surface area contributed by atoms with Crippen LogP contribution in [0.15, 0.2) is 0 Å². The third-order valence-electron chi connectivity index (χ3n) is 3.21. The molecule has 0 radical (unpaired) electrons. The minimum absolute atomic E-state index is 0.155. The molecule has 0 amide bonds. The Kier molecular flexibility index (Phi) is 6.96. The van der Waals surface area contributed by atoms with Gasteiger partial charge in [-0.1, -0.05) is 26.7 Å². The molecule has 3 nitrogen and oxygen atoms in total. The molecule has 0 aliphatic rings. The summed E-state index contributed by atoms with van der Waals surface area (Å²) in [5.41, 5.74) is 1.44. The molecule has 0 aromatic carbocycles. The van der Waals surface area contributed by atoms with Crippen LogP contribution in [0.1, 0.15) is 64.5 Å². The van der Waals surface area contributed by atoms with Crippen molar-refractivity contribution in [2.24, 2.45) is 0 Å². The zero-order valence-electron chi connectivity index (χ0n) is 14.0. The molecule has 0 saturated heterocycles. The quantitative estimate of drug-likeness (QED) is 0.778. The Bertz CT molecular complexity index is 393. The lowest BCUT2D eigenvalue weighted by Crippen LogP contribution is -2.35. The van der Waals surface area contributed by atoms with Gasteiger partial charge in [0, 0.05) is 30.6 Å². The molecule has 4 heteroatoms. The van der Waals surface area contributed by atoms with Gasteiger partial charge in [-0.15, -0.1) is 11.3 Å². The van der Waals surface area contributed by atoms with E-state index in [9.17, 15) is 0 Å². The van der Waals surface area contributed by atoms with Gasteiger partial charge < -0.3 is 10.2 Å². The third-order valence-corrected chi connectivity index (χ3v) is 4.42. The summed E-state index contributed by atoms with van der Waals surface area (Å²) >= 11 is 1.85. The molecule has 20 heavy (non-hydrogen) atoms. The predicted octanol–water partition coefficient (Wildman–Crippen LogP) is 4.22. The highest BCUT2D eigenvalue weighted by Crippen LogP contribution is 2.27. The third kappa shape index (κ3) is 5.80. The van der Waals surface area contributed by atoms with Gasteiger partial charge in [0.05, 0.1) is 5.69 Å². The highest BCUT2D eigenvalue weighted by molar-refractivity contribution is 7.15. The summed E-state index contributed by atoms with van der Waals surface area (Å²) < 4.78 is 0. The Hall–Kier alpha value is -0.610. The Balaban J connectivity index is 2.78. The fourth-order valence-electron chi connectivity index (χ4n) is 1.94. The normalized spacial score (nSPS) is 11.9. The average molecular weight is 298 g/mol. The Morgan fingerprint density at radius 2 is 1.90 bits per heavy atom. The minimum atomic E-state index is 0.155. The van der Waals surface area contributed by atoms with Gasteiger partial charge in [-0.3, -0.25) is 0 Å². The maximum atomic E-state index is 4.86. The maximum absolute atomic E-state index is 4.86. The van der Waals surface area contributed by atoms with Crippen LogP contribution in [0.4, 0.5) is 5.13 Å². The summed E-state index contributed by atoms with van der Waals surface area (Å²) in [6, 6.07) is 0. The summed E-state index contributed by atoms with van der Waals surface area (Å²) in [6.45, 7) is 13.1. The number of rotatable bonds is 8. The van der Waals surface area contributed by atoms with Crippen LogP contribution < -0.4 is 10.2 Å². The first kappa shape index (κ1) is 17.4. The molecule has 116 valence electrons. The van der Waals surface area contributed by atoms with Gasteiger partial charge in [0.2, 0.25) is 0 Å². The second kappa shape index (κ2) is 7.99. The molecule has 0 aliphatic carbocycles. The summed E-state index contributed by atoms with van der Waals surface area (Å²) in [7, 11) is 2.16. The molecule has 0 saturated carbocycles. The molecule has 1 N–H and O–H groups in total. The van der Waals surface area contributed by atoms with Crippen LogP contribution in [0.3, 0.4) is 0 Å². The van der Waals surface area contributed by atoms with Crippen LogP contribution in [0, 0.1) is 0 Å². The molecule has 1 aromatic heterocycles. The van der Waals surface area contributed by atoms with Gasteiger partial charge in [0.25, 0.3) is 0 Å². The first-order chi connectivity index (χ1) is 9.37. The number of aromatic nitrogens is 1. The highest BCUT2D eigenvalue weighted by Gasteiger charge is 2.16. The summed E-state index contributed by atoms with van der Waals surface area (Å²) in [6.07, 6.45) is 4.70. The van der Waals surface area contributed by atoms with Gasteiger partial charge in [-0.2, -0.15) is 0 Å². The summed E-state index contributed by atoms with van der Waals surface area (Å²) in [5, 5.41) is 4.76. The lowest BCUT2D eigenvalue weighted by Gasteiger charge is -2.20. The number of thiazole rings is 1. The van der Waals surface area contributed by atoms with E-state index in [0.717, 1.165) is 25.9 Å². The molecule has 0 bridgehead atoms. The fourth-order valence-corrected chi connectivity index (χ4v) is 2.97. The molecular formula is C16H31N3S. The van der Waals surface area contributed by atoms with Gasteiger partial charge in [0.1, 0.15) is 0 Å². The standard InChI is InChI=1S/C16H31N3S/c1-7-9-11-19(6)15-18-13(10-8-2)14(20-15)12-17-16(3,4)5/h17H,7-12H2,1-6H3. The van der Waals surface area contributed by atoms with E-state index in [1.54, 1.807) is 0 Å². The molecule has 1 heterocycles. The summed E-state index contributed by atoms with van der Waals surface area (Å²) in [5.74, 6) is 0. The molecule has 0 fully saturated rings. The van der Waals surface area contributed by atoms with Crippen LogP contribution in [0.2, 0.25) is 0 Å². The van der Waals surface area contributed by atoms with Crippen molar-refractivity contribution in [2.75, 3.05) is 18.5 Å². The Morgan fingerprint density at radius 1 is 1.20 bits per heavy atom. The van der Waals surface area contributed by atoms with Gasteiger partial charge >= 0.3 is 0 Å². The fraction of sp³-hybridized carbons (Fsp3) is 0.812. The molecular weight excluding hydrogens is 266 g/mol. The molecule has 0 atom stereocenters.